The van der Waals surface area contributed by atoms with Gasteiger partial charge >= 0.3 is 0 Å². The van der Waals surface area contributed by atoms with Crippen molar-refractivity contribution >= 4 is 0 Å². The Morgan fingerprint density at radius 3 is 2.11 bits per heavy atom. The lowest BCUT2D eigenvalue weighted by Gasteiger charge is -2.21. The van der Waals surface area contributed by atoms with E-state index in [2.05, 4.69) is 44.6 Å². The molecule has 0 aliphatic rings. The van der Waals surface area contributed by atoms with Crippen molar-refractivity contribution in [3.8, 4) is 0 Å². The lowest BCUT2D eigenvalue weighted by atomic mass is 10.0. The quantitative estimate of drug-likeness (QED) is 0.456. The summed E-state index contributed by atoms with van der Waals surface area (Å²) in [5.74, 6) is 1.22. The molecule has 0 aromatic heterocycles. The number of rotatable bonds is 11. The van der Waals surface area contributed by atoms with Gasteiger partial charge in [-0.25, -0.2) is 0 Å². The van der Waals surface area contributed by atoms with Crippen molar-refractivity contribution in [1.82, 2.24) is 9.96 Å². The van der Waals surface area contributed by atoms with E-state index in [1.807, 2.05) is 6.08 Å². The maximum Gasteiger partial charge on any atom is 0.0266 e. The van der Waals surface area contributed by atoms with E-state index < -0.39 is 0 Å². The van der Waals surface area contributed by atoms with Crippen molar-refractivity contribution in [3.05, 3.63) is 24.9 Å². The van der Waals surface area contributed by atoms with Gasteiger partial charge in [-0.05, 0) is 30.9 Å². The van der Waals surface area contributed by atoms with Gasteiger partial charge in [-0.2, -0.15) is 5.06 Å². The van der Waals surface area contributed by atoms with Crippen molar-refractivity contribution < 1.29 is 5.21 Å². The molecule has 0 aromatic carbocycles. The summed E-state index contributed by atoms with van der Waals surface area (Å²) in [6.45, 7) is 10.0. The molecule has 0 fully saturated rings. The van der Waals surface area contributed by atoms with Crippen LogP contribution in [-0.2, 0) is 0 Å². The third kappa shape index (κ3) is 9.74. The van der Waals surface area contributed by atoms with E-state index in [-0.39, 0.29) is 0 Å². The second kappa shape index (κ2) is 11.1. The zero-order valence-electron chi connectivity index (χ0n) is 13.2. The Balaban J connectivity index is 4.05. The first kappa shape index (κ1) is 18.2. The van der Waals surface area contributed by atoms with Crippen LogP contribution in [0.2, 0.25) is 0 Å². The molecule has 0 saturated heterocycles. The molecule has 112 valence electrons. The molecule has 0 heterocycles. The molecule has 0 aromatic rings. The molecule has 3 heteroatoms. The van der Waals surface area contributed by atoms with Crippen molar-refractivity contribution in [2.75, 3.05) is 27.2 Å². The van der Waals surface area contributed by atoms with Crippen LogP contribution in [0.4, 0.5) is 0 Å². The van der Waals surface area contributed by atoms with Crippen molar-refractivity contribution in [2.45, 2.75) is 39.5 Å². The van der Waals surface area contributed by atoms with E-state index in [0.29, 0.717) is 11.8 Å². The first-order valence-corrected chi connectivity index (χ1v) is 7.41. The smallest absolute Gasteiger partial charge is 0.0266 e. The van der Waals surface area contributed by atoms with Crippen LogP contribution in [0.15, 0.2) is 24.9 Å². The van der Waals surface area contributed by atoms with Crippen LogP contribution in [0.1, 0.15) is 39.5 Å². The van der Waals surface area contributed by atoms with Gasteiger partial charge < -0.3 is 10.1 Å². The Morgan fingerprint density at radius 1 is 1.05 bits per heavy atom. The van der Waals surface area contributed by atoms with Gasteiger partial charge in [-0.15, -0.1) is 6.58 Å². The monoisotopic (exact) mass is 268 g/mol. The fourth-order valence-corrected chi connectivity index (χ4v) is 2.25. The topological polar surface area (TPSA) is 26.7 Å². The van der Waals surface area contributed by atoms with Gasteiger partial charge in [0, 0.05) is 27.2 Å². The molecule has 0 aliphatic heterocycles. The van der Waals surface area contributed by atoms with Crippen LogP contribution >= 0.6 is 0 Å². The van der Waals surface area contributed by atoms with Crippen LogP contribution in [0.3, 0.4) is 0 Å². The van der Waals surface area contributed by atoms with E-state index in [0.717, 1.165) is 32.4 Å². The average Bonchev–Trinajstić information content (AvgIpc) is 2.36. The molecule has 0 bridgehead atoms. The summed E-state index contributed by atoms with van der Waals surface area (Å²) in [7, 11) is 3.83. The number of nitrogens with zero attached hydrogens (tertiary/aromatic N) is 2. The SMILES string of the molecule is C=CC[C@H](CC)CN(C)/C=C/C[C@H](CC)CN(C)O. The van der Waals surface area contributed by atoms with E-state index in [1.165, 1.54) is 11.5 Å². The predicted molar refractivity (Wildman–Crippen MR) is 83.2 cm³/mol. The summed E-state index contributed by atoms with van der Waals surface area (Å²) in [6, 6.07) is 0. The minimum atomic E-state index is 0.523. The summed E-state index contributed by atoms with van der Waals surface area (Å²) in [5.41, 5.74) is 0. The molecular weight excluding hydrogens is 236 g/mol. The number of hydrogen-bond donors (Lipinski definition) is 1. The van der Waals surface area contributed by atoms with Crippen molar-refractivity contribution in [3.63, 3.8) is 0 Å². The van der Waals surface area contributed by atoms with Crippen LogP contribution in [-0.4, -0.2) is 42.4 Å². The lowest BCUT2D eigenvalue weighted by Crippen LogP contribution is -2.22. The van der Waals surface area contributed by atoms with Crippen molar-refractivity contribution in [1.29, 1.82) is 0 Å². The normalized spacial score (nSPS) is 14.8. The summed E-state index contributed by atoms with van der Waals surface area (Å²) >= 11 is 0. The molecule has 0 radical (unpaired) electrons. The summed E-state index contributed by atoms with van der Waals surface area (Å²) in [6.07, 6.45) is 10.8. The molecule has 2 atom stereocenters. The lowest BCUT2D eigenvalue weighted by molar-refractivity contribution is -0.0761. The maximum atomic E-state index is 9.26. The van der Waals surface area contributed by atoms with Gasteiger partial charge in [0.15, 0.2) is 0 Å². The second-order valence-electron chi connectivity index (χ2n) is 5.47. The largest absolute Gasteiger partial charge is 0.380 e. The molecule has 19 heavy (non-hydrogen) atoms. The van der Waals surface area contributed by atoms with Crippen LogP contribution in [0.5, 0.6) is 0 Å². The van der Waals surface area contributed by atoms with Gasteiger partial charge in [0.25, 0.3) is 0 Å². The number of hydroxylamine groups is 2. The fraction of sp³-hybridized carbons (Fsp3) is 0.750. The molecule has 0 aliphatic carbocycles. The highest BCUT2D eigenvalue weighted by atomic mass is 16.5. The summed E-state index contributed by atoms with van der Waals surface area (Å²) in [4.78, 5) is 2.26. The highest BCUT2D eigenvalue weighted by Crippen LogP contribution is 2.12. The van der Waals surface area contributed by atoms with E-state index in [9.17, 15) is 5.21 Å². The minimum Gasteiger partial charge on any atom is -0.380 e. The summed E-state index contributed by atoms with van der Waals surface area (Å²) in [5, 5.41) is 10.5. The van der Waals surface area contributed by atoms with Crippen molar-refractivity contribution in [2.24, 2.45) is 11.8 Å². The van der Waals surface area contributed by atoms with Gasteiger partial charge in [0.2, 0.25) is 0 Å². The Hall–Kier alpha value is -0.800. The molecule has 1 N–H and O–H groups in total. The van der Waals surface area contributed by atoms with Crippen LogP contribution < -0.4 is 0 Å². The zero-order chi connectivity index (χ0) is 14.7. The Kier molecular flexibility index (Phi) is 10.6. The molecule has 0 rings (SSSR count). The molecular formula is C16H32N2O. The van der Waals surface area contributed by atoms with Gasteiger partial charge in [0.05, 0.1) is 0 Å². The Labute approximate surface area is 119 Å². The van der Waals surface area contributed by atoms with Crippen LogP contribution in [0, 0.1) is 11.8 Å². The first-order chi connectivity index (χ1) is 9.03. The van der Waals surface area contributed by atoms with Gasteiger partial charge in [-0.3, -0.25) is 0 Å². The predicted octanol–water partition coefficient (Wildman–Crippen LogP) is 3.77. The first-order valence-electron chi connectivity index (χ1n) is 7.41. The third-order valence-electron chi connectivity index (χ3n) is 3.55. The van der Waals surface area contributed by atoms with Crippen LogP contribution in [0.25, 0.3) is 0 Å². The Bertz CT molecular complexity index is 251. The van der Waals surface area contributed by atoms with E-state index in [4.69, 9.17) is 0 Å². The standard InChI is InChI=1S/C16H32N2O/c1-6-10-15(7-2)13-17(4)12-9-11-16(8-3)14-18(5)19/h6,9,12,15-16,19H,1,7-8,10-11,13-14H2,2-5H3/b12-9+/t15-,16-/m0/s1. The molecule has 0 saturated carbocycles. The molecule has 0 unspecified atom stereocenters. The van der Waals surface area contributed by atoms with E-state index in [1.54, 1.807) is 7.05 Å². The fourth-order valence-electron chi connectivity index (χ4n) is 2.25. The third-order valence-corrected chi connectivity index (χ3v) is 3.55. The highest BCUT2D eigenvalue weighted by molar-refractivity contribution is 4.85. The number of hydrogen-bond acceptors (Lipinski definition) is 3. The average molecular weight is 268 g/mol. The van der Waals surface area contributed by atoms with E-state index >= 15 is 0 Å². The maximum absolute atomic E-state index is 9.26. The molecule has 3 nitrogen and oxygen atoms in total. The minimum absolute atomic E-state index is 0.523. The second-order valence-corrected chi connectivity index (χ2v) is 5.47. The van der Waals surface area contributed by atoms with Gasteiger partial charge in [-0.1, -0.05) is 38.8 Å². The van der Waals surface area contributed by atoms with Gasteiger partial charge in [0.1, 0.15) is 0 Å². The highest BCUT2D eigenvalue weighted by Gasteiger charge is 2.07. The zero-order valence-corrected chi connectivity index (χ0v) is 13.2. The molecule has 0 spiro atoms. The number of allylic oxidation sites excluding steroid dienone is 2. The summed E-state index contributed by atoms with van der Waals surface area (Å²) < 4.78 is 0. The Morgan fingerprint density at radius 2 is 1.63 bits per heavy atom. The molecule has 0 amide bonds.